The summed E-state index contributed by atoms with van der Waals surface area (Å²) in [6, 6.07) is 18.2. The lowest BCUT2D eigenvalue weighted by Gasteiger charge is -2.26. The van der Waals surface area contributed by atoms with E-state index in [4.69, 9.17) is 4.74 Å². The summed E-state index contributed by atoms with van der Waals surface area (Å²) >= 11 is 1.60. The first-order valence-corrected chi connectivity index (χ1v) is 11.3. The molecule has 0 radical (unpaired) electrons. The molecular weight excluding hydrogens is 413 g/mol. The van der Waals surface area contributed by atoms with Crippen LogP contribution in [0.3, 0.4) is 0 Å². The fraction of sp³-hybridized carbons (Fsp3) is 0.292. The van der Waals surface area contributed by atoms with Gasteiger partial charge in [-0.25, -0.2) is 4.39 Å². The molecule has 2 N–H and O–H groups in total. The van der Waals surface area contributed by atoms with E-state index < -0.39 is 0 Å². The van der Waals surface area contributed by atoms with Crippen molar-refractivity contribution in [3.8, 4) is 0 Å². The van der Waals surface area contributed by atoms with Gasteiger partial charge in [-0.05, 0) is 46.8 Å². The molecule has 0 saturated carbocycles. The molecule has 0 aliphatic carbocycles. The molecule has 1 aliphatic heterocycles. The maximum atomic E-state index is 13.3. The molecule has 1 aromatic heterocycles. The van der Waals surface area contributed by atoms with Crippen LogP contribution in [0.5, 0.6) is 0 Å². The molecule has 0 spiro atoms. The van der Waals surface area contributed by atoms with Gasteiger partial charge in [0.1, 0.15) is 5.82 Å². The Kier molecular flexibility index (Phi) is 7.43. The lowest BCUT2D eigenvalue weighted by molar-refractivity contribution is -0.115. The predicted molar refractivity (Wildman–Crippen MR) is 122 cm³/mol. The van der Waals surface area contributed by atoms with Gasteiger partial charge in [0.25, 0.3) is 0 Å². The van der Waals surface area contributed by atoms with Crippen molar-refractivity contribution in [1.82, 2.24) is 10.2 Å². The molecule has 5 nitrogen and oxygen atoms in total. The Hall–Kier alpha value is -2.58. The normalized spacial score (nSPS) is 15.5. The van der Waals surface area contributed by atoms with Crippen LogP contribution in [0.2, 0.25) is 0 Å². The third kappa shape index (κ3) is 6.21. The molecule has 1 amide bonds. The maximum absolute atomic E-state index is 13.3. The number of nitrogens with one attached hydrogen (secondary N) is 2. The number of carbonyl (C=O) groups is 1. The average Bonchev–Trinajstić information content (AvgIpc) is 3.32. The molecule has 1 saturated heterocycles. The number of hydrogen-bond donors (Lipinski definition) is 2. The summed E-state index contributed by atoms with van der Waals surface area (Å²) in [5.41, 5.74) is 2.91. The van der Waals surface area contributed by atoms with Gasteiger partial charge in [0.05, 0.1) is 25.8 Å². The number of ether oxygens (including phenoxy) is 1. The molecule has 1 fully saturated rings. The highest BCUT2D eigenvalue weighted by Crippen LogP contribution is 2.26. The Bertz CT molecular complexity index is 956. The smallest absolute Gasteiger partial charge is 0.238 e. The largest absolute Gasteiger partial charge is 0.379 e. The zero-order chi connectivity index (χ0) is 21.5. The van der Waals surface area contributed by atoms with Crippen LogP contribution < -0.4 is 10.6 Å². The summed E-state index contributed by atoms with van der Waals surface area (Å²) < 4.78 is 18.7. The van der Waals surface area contributed by atoms with Crippen LogP contribution in [-0.2, 0) is 16.1 Å². The van der Waals surface area contributed by atoms with Gasteiger partial charge in [0.2, 0.25) is 5.91 Å². The van der Waals surface area contributed by atoms with Crippen LogP contribution in [0.4, 0.5) is 10.1 Å². The van der Waals surface area contributed by atoms with Crippen molar-refractivity contribution >= 4 is 22.9 Å². The van der Waals surface area contributed by atoms with Crippen LogP contribution in [0.15, 0.2) is 66.0 Å². The topological polar surface area (TPSA) is 53.6 Å². The third-order valence-electron chi connectivity index (χ3n) is 5.25. The monoisotopic (exact) mass is 439 g/mol. The lowest BCUT2D eigenvalue weighted by Crippen LogP contribution is -2.35. The van der Waals surface area contributed by atoms with Crippen LogP contribution >= 0.6 is 11.3 Å². The van der Waals surface area contributed by atoms with E-state index in [1.165, 1.54) is 17.7 Å². The first kappa shape index (κ1) is 21.6. The van der Waals surface area contributed by atoms with Gasteiger partial charge in [-0.3, -0.25) is 15.0 Å². The highest BCUT2D eigenvalue weighted by Gasteiger charge is 2.16. The number of rotatable bonds is 8. The minimum absolute atomic E-state index is 0.121. The Labute approximate surface area is 185 Å². The van der Waals surface area contributed by atoms with Crippen molar-refractivity contribution in [2.75, 3.05) is 38.2 Å². The minimum Gasteiger partial charge on any atom is -0.379 e. The molecule has 2 heterocycles. The SMILES string of the molecule is O=C(CN[C@@H](c1ccc(F)cc1)c1cccs1)Nc1ccc(CN2CCOCC2)cc1. The number of benzene rings is 2. The van der Waals surface area contributed by atoms with Gasteiger partial charge in [-0.15, -0.1) is 11.3 Å². The second kappa shape index (κ2) is 10.6. The number of morpholine rings is 1. The van der Waals surface area contributed by atoms with E-state index in [9.17, 15) is 9.18 Å². The quantitative estimate of drug-likeness (QED) is 0.556. The molecule has 1 aliphatic rings. The van der Waals surface area contributed by atoms with Gasteiger partial charge < -0.3 is 10.1 Å². The zero-order valence-corrected chi connectivity index (χ0v) is 18.0. The molecule has 2 aromatic carbocycles. The highest BCUT2D eigenvalue weighted by atomic mass is 32.1. The van der Waals surface area contributed by atoms with E-state index in [1.54, 1.807) is 23.5 Å². The van der Waals surface area contributed by atoms with Gasteiger partial charge in [0, 0.05) is 30.2 Å². The maximum Gasteiger partial charge on any atom is 0.238 e. The lowest BCUT2D eigenvalue weighted by atomic mass is 10.1. The van der Waals surface area contributed by atoms with Crippen molar-refractivity contribution in [3.05, 3.63) is 87.9 Å². The Morgan fingerprint density at radius 2 is 1.81 bits per heavy atom. The molecule has 4 rings (SSSR count). The summed E-state index contributed by atoms with van der Waals surface area (Å²) in [6.45, 7) is 4.50. The number of halogens is 1. The standard InChI is InChI=1S/C24H26FN3O2S/c25-20-7-5-19(6-8-20)24(22-2-1-15-31-22)26-16-23(29)27-21-9-3-18(4-10-21)17-28-11-13-30-14-12-28/h1-10,15,24,26H,11-14,16-17H2,(H,27,29)/t24-/m0/s1. The number of thiophene rings is 1. The summed E-state index contributed by atoms with van der Waals surface area (Å²) in [5, 5.41) is 8.24. The fourth-order valence-corrected chi connectivity index (χ4v) is 4.43. The first-order chi connectivity index (χ1) is 15.2. The molecule has 1 atom stereocenters. The summed E-state index contributed by atoms with van der Waals surface area (Å²) in [6.07, 6.45) is 0. The number of hydrogen-bond acceptors (Lipinski definition) is 5. The molecule has 0 unspecified atom stereocenters. The van der Waals surface area contributed by atoms with Crippen LogP contribution in [0.25, 0.3) is 0 Å². The van der Waals surface area contributed by atoms with E-state index in [0.29, 0.717) is 0 Å². The summed E-state index contributed by atoms with van der Waals surface area (Å²) in [7, 11) is 0. The minimum atomic E-state index is -0.275. The predicted octanol–water partition coefficient (Wildman–Crippen LogP) is 4.04. The number of carbonyl (C=O) groups excluding carboxylic acids is 1. The Morgan fingerprint density at radius 1 is 1.06 bits per heavy atom. The van der Waals surface area contributed by atoms with E-state index in [1.807, 2.05) is 41.8 Å². The summed E-state index contributed by atoms with van der Waals surface area (Å²) in [5.74, 6) is -0.395. The molecule has 7 heteroatoms. The number of amides is 1. The second-order valence-corrected chi connectivity index (χ2v) is 8.49. The average molecular weight is 440 g/mol. The third-order valence-corrected chi connectivity index (χ3v) is 6.18. The van der Waals surface area contributed by atoms with E-state index >= 15 is 0 Å². The summed E-state index contributed by atoms with van der Waals surface area (Å²) in [4.78, 5) is 16.0. The van der Waals surface area contributed by atoms with Crippen molar-refractivity contribution in [2.24, 2.45) is 0 Å². The van der Waals surface area contributed by atoms with Crippen molar-refractivity contribution in [3.63, 3.8) is 0 Å². The van der Waals surface area contributed by atoms with E-state index in [-0.39, 0.29) is 24.3 Å². The number of anilines is 1. The zero-order valence-electron chi connectivity index (χ0n) is 17.2. The molecule has 0 bridgehead atoms. The van der Waals surface area contributed by atoms with E-state index in [0.717, 1.165) is 49.0 Å². The first-order valence-electron chi connectivity index (χ1n) is 10.4. The molecule has 31 heavy (non-hydrogen) atoms. The van der Waals surface area contributed by atoms with Crippen molar-refractivity contribution in [2.45, 2.75) is 12.6 Å². The second-order valence-electron chi connectivity index (χ2n) is 7.51. The van der Waals surface area contributed by atoms with Crippen molar-refractivity contribution in [1.29, 1.82) is 0 Å². The Balaban J connectivity index is 1.32. The Morgan fingerprint density at radius 3 is 2.48 bits per heavy atom. The van der Waals surface area contributed by atoms with Crippen LogP contribution in [0, 0.1) is 5.82 Å². The van der Waals surface area contributed by atoms with Crippen molar-refractivity contribution < 1.29 is 13.9 Å². The van der Waals surface area contributed by atoms with Crippen LogP contribution in [0.1, 0.15) is 22.0 Å². The highest BCUT2D eigenvalue weighted by molar-refractivity contribution is 7.10. The number of nitrogens with zero attached hydrogens (tertiary/aromatic N) is 1. The molecule has 3 aromatic rings. The van der Waals surface area contributed by atoms with Gasteiger partial charge in [0.15, 0.2) is 0 Å². The van der Waals surface area contributed by atoms with Gasteiger partial charge >= 0.3 is 0 Å². The van der Waals surface area contributed by atoms with Gasteiger partial charge in [-0.1, -0.05) is 30.3 Å². The molecular formula is C24H26FN3O2S. The van der Waals surface area contributed by atoms with E-state index in [2.05, 4.69) is 15.5 Å². The van der Waals surface area contributed by atoms with Crippen LogP contribution in [-0.4, -0.2) is 43.7 Å². The fourth-order valence-electron chi connectivity index (χ4n) is 3.60. The van der Waals surface area contributed by atoms with Gasteiger partial charge in [-0.2, -0.15) is 0 Å². The molecule has 162 valence electrons.